The Kier molecular flexibility index (Phi) is 4.98. The maximum absolute atomic E-state index is 12.4. The zero-order valence-electron chi connectivity index (χ0n) is 10.0. The van der Waals surface area contributed by atoms with Crippen LogP contribution in [0.15, 0.2) is 0 Å². The van der Waals surface area contributed by atoms with Crippen LogP contribution in [0.4, 0.5) is 13.2 Å². The second-order valence-electron chi connectivity index (χ2n) is 4.30. The molecule has 0 amide bonds. The molecular formula is C9H17F3N2O3S. The number of alkyl halides is 3. The summed E-state index contributed by atoms with van der Waals surface area (Å²) in [5.74, 6) is 0. The zero-order chi connectivity index (χ0) is 14.0. The van der Waals surface area contributed by atoms with Crippen LogP contribution in [0.3, 0.4) is 0 Å². The van der Waals surface area contributed by atoms with Gasteiger partial charge in [0, 0.05) is 26.2 Å². The van der Waals surface area contributed by atoms with Crippen LogP contribution in [0.5, 0.6) is 0 Å². The molecule has 0 bridgehead atoms. The van der Waals surface area contributed by atoms with Crippen molar-refractivity contribution in [2.24, 2.45) is 0 Å². The summed E-state index contributed by atoms with van der Waals surface area (Å²) in [5, 5.41) is 8.61. The van der Waals surface area contributed by atoms with Gasteiger partial charge in [-0.05, 0) is 19.3 Å². The van der Waals surface area contributed by atoms with E-state index in [2.05, 4.69) is 0 Å². The Balaban J connectivity index is 2.77. The van der Waals surface area contributed by atoms with Gasteiger partial charge in [0.1, 0.15) is 6.54 Å². The van der Waals surface area contributed by atoms with Crippen molar-refractivity contribution in [1.29, 1.82) is 0 Å². The minimum Gasteiger partial charge on any atom is -0.396 e. The summed E-state index contributed by atoms with van der Waals surface area (Å²) in [5.41, 5.74) is 0. The number of aliphatic hydroxyl groups excluding tert-OH is 1. The van der Waals surface area contributed by atoms with E-state index < -0.39 is 29.0 Å². The Morgan fingerprint density at radius 1 is 1.33 bits per heavy atom. The van der Waals surface area contributed by atoms with Crippen LogP contribution in [0.25, 0.3) is 0 Å². The number of aliphatic hydroxyl groups is 1. The molecule has 5 nitrogen and oxygen atoms in total. The van der Waals surface area contributed by atoms with E-state index in [0.717, 1.165) is 4.31 Å². The van der Waals surface area contributed by atoms with Crippen molar-refractivity contribution >= 4 is 10.2 Å². The van der Waals surface area contributed by atoms with Gasteiger partial charge in [0.05, 0.1) is 0 Å². The molecule has 9 heteroatoms. The lowest BCUT2D eigenvalue weighted by atomic mass is 10.5. The number of hydrogen-bond acceptors (Lipinski definition) is 3. The quantitative estimate of drug-likeness (QED) is 0.746. The molecule has 1 N–H and O–H groups in total. The summed E-state index contributed by atoms with van der Waals surface area (Å²) < 4.78 is 62.4. The van der Waals surface area contributed by atoms with Crippen LogP contribution >= 0.6 is 0 Å². The normalized spacial score (nSPS) is 17.7. The second-order valence-corrected chi connectivity index (χ2v) is 6.29. The molecule has 0 heterocycles. The molecule has 0 aromatic rings. The van der Waals surface area contributed by atoms with Crippen LogP contribution < -0.4 is 0 Å². The molecule has 108 valence electrons. The van der Waals surface area contributed by atoms with Crippen molar-refractivity contribution in [1.82, 2.24) is 8.61 Å². The molecule has 1 rings (SSSR count). The monoisotopic (exact) mass is 290 g/mol. The molecule has 0 atom stereocenters. The Morgan fingerprint density at radius 3 is 2.28 bits per heavy atom. The van der Waals surface area contributed by atoms with Crippen LogP contribution in [0.2, 0.25) is 0 Å². The highest BCUT2D eigenvalue weighted by atomic mass is 32.2. The fourth-order valence-electron chi connectivity index (χ4n) is 1.53. The summed E-state index contributed by atoms with van der Waals surface area (Å²) in [6.07, 6.45) is -3.43. The first-order chi connectivity index (χ1) is 8.18. The lowest BCUT2D eigenvalue weighted by Gasteiger charge is -2.28. The number of hydrogen-bond donors (Lipinski definition) is 1. The SMILES string of the molecule is CN(CCCO)S(=O)(=O)N(CC(F)(F)F)C1CC1. The maximum Gasteiger partial charge on any atom is 0.402 e. The molecule has 0 aliphatic heterocycles. The topological polar surface area (TPSA) is 60.9 Å². The van der Waals surface area contributed by atoms with Gasteiger partial charge < -0.3 is 5.11 Å². The largest absolute Gasteiger partial charge is 0.402 e. The molecule has 0 saturated heterocycles. The van der Waals surface area contributed by atoms with Gasteiger partial charge in [0.25, 0.3) is 10.2 Å². The van der Waals surface area contributed by atoms with Crippen molar-refractivity contribution in [2.75, 3.05) is 26.7 Å². The van der Waals surface area contributed by atoms with Gasteiger partial charge in [-0.3, -0.25) is 0 Å². The van der Waals surface area contributed by atoms with Crippen LogP contribution in [0, 0.1) is 0 Å². The van der Waals surface area contributed by atoms with Gasteiger partial charge in [0.2, 0.25) is 0 Å². The third kappa shape index (κ3) is 4.38. The summed E-state index contributed by atoms with van der Waals surface area (Å²) in [7, 11) is -2.89. The van der Waals surface area contributed by atoms with E-state index in [4.69, 9.17) is 5.11 Å². The predicted octanol–water partition coefficient (Wildman–Crippen LogP) is 0.572. The van der Waals surface area contributed by atoms with E-state index >= 15 is 0 Å². The molecule has 0 radical (unpaired) electrons. The molecule has 0 aromatic carbocycles. The summed E-state index contributed by atoms with van der Waals surface area (Å²) in [4.78, 5) is 0. The van der Waals surface area contributed by atoms with Gasteiger partial charge in [-0.25, -0.2) is 0 Å². The average molecular weight is 290 g/mol. The standard InChI is InChI=1S/C9H17F3N2O3S/c1-13(5-2-6-15)18(16,17)14(8-3-4-8)7-9(10,11)12/h8,15H,2-7H2,1H3. The van der Waals surface area contributed by atoms with Crippen molar-refractivity contribution < 1.29 is 26.7 Å². The molecule has 1 fully saturated rings. The third-order valence-corrected chi connectivity index (χ3v) is 4.60. The van der Waals surface area contributed by atoms with Crippen molar-refractivity contribution in [2.45, 2.75) is 31.5 Å². The summed E-state index contributed by atoms with van der Waals surface area (Å²) in [6, 6.07) is -0.548. The smallest absolute Gasteiger partial charge is 0.396 e. The van der Waals surface area contributed by atoms with E-state index in [0.29, 0.717) is 17.1 Å². The van der Waals surface area contributed by atoms with E-state index in [-0.39, 0.29) is 19.6 Å². The maximum atomic E-state index is 12.4. The first-order valence-electron chi connectivity index (χ1n) is 5.59. The van der Waals surface area contributed by atoms with Crippen LogP contribution in [-0.4, -0.2) is 61.1 Å². The highest BCUT2D eigenvalue weighted by molar-refractivity contribution is 7.86. The van der Waals surface area contributed by atoms with Gasteiger partial charge in [-0.2, -0.15) is 30.2 Å². The molecule has 1 aliphatic rings. The average Bonchev–Trinajstić information content (AvgIpc) is 3.04. The third-order valence-electron chi connectivity index (χ3n) is 2.61. The molecular weight excluding hydrogens is 273 g/mol. The lowest BCUT2D eigenvalue weighted by molar-refractivity contribution is -0.137. The summed E-state index contributed by atoms with van der Waals surface area (Å²) in [6.45, 7) is -1.66. The van der Waals surface area contributed by atoms with Crippen molar-refractivity contribution in [3.05, 3.63) is 0 Å². The van der Waals surface area contributed by atoms with Crippen molar-refractivity contribution in [3.63, 3.8) is 0 Å². The molecule has 0 unspecified atom stereocenters. The van der Waals surface area contributed by atoms with Gasteiger partial charge in [0.15, 0.2) is 0 Å². The Hall–Kier alpha value is -0.380. The van der Waals surface area contributed by atoms with E-state index in [1.165, 1.54) is 7.05 Å². The lowest BCUT2D eigenvalue weighted by Crippen LogP contribution is -2.47. The molecule has 1 saturated carbocycles. The molecule has 18 heavy (non-hydrogen) atoms. The highest BCUT2D eigenvalue weighted by Crippen LogP contribution is 2.33. The molecule has 0 spiro atoms. The zero-order valence-corrected chi connectivity index (χ0v) is 10.8. The van der Waals surface area contributed by atoms with Crippen LogP contribution in [0.1, 0.15) is 19.3 Å². The molecule has 0 aromatic heterocycles. The fourth-order valence-corrected chi connectivity index (χ4v) is 3.14. The second kappa shape index (κ2) is 5.72. The highest BCUT2D eigenvalue weighted by Gasteiger charge is 2.45. The number of rotatable bonds is 7. The van der Waals surface area contributed by atoms with Gasteiger partial charge in [-0.1, -0.05) is 0 Å². The molecule has 1 aliphatic carbocycles. The first-order valence-corrected chi connectivity index (χ1v) is 6.99. The first kappa shape index (κ1) is 15.7. The predicted molar refractivity (Wildman–Crippen MR) is 59.0 cm³/mol. The van der Waals surface area contributed by atoms with Gasteiger partial charge in [-0.15, -0.1) is 0 Å². The number of halogens is 3. The Bertz CT molecular complexity index is 368. The Labute approximate surface area is 104 Å². The van der Waals surface area contributed by atoms with Crippen molar-refractivity contribution in [3.8, 4) is 0 Å². The summed E-state index contributed by atoms with van der Waals surface area (Å²) >= 11 is 0. The van der Waals surface area contributed by atoms with E-state index in [1.54, 1.807) is 0 Å². The fraction of sp³-hybridized carbons (Fsp3) is 1.00. The van der Waals surface area contributed by atoms with Crippen LogP contribution in [-0.2, 0) is 10.2 Å². The minimum atomic E-state index is -4.55. The number of nitrogens with zero attached hydrogens (tertiary/aromatic N) is 2. The minimum absolute atomic E-state index is 0.0000888. The van der Waals surface area contributed by atoms with E-state index in [1.807, 2.05) is 0 Å². The van der Waals surface area contributed by atoms with Gasteiger partial charge >= 0.3 is 6.18 Å². The Morgan fingerprint density at radius 2 is 1.89 bits per heavy atom. The van der Waals surface area contributed by atoms with E-state index in [9.17, 15) is 21.6 Å².